The molecule has 24 heavy (non-hydrogen) atoms. The summed E-state index contributed by atoms with van der Waals surface area (Å²) in [5.74, 6) is 0.374. The fraction of sp³-hybridized carbons (Fsp3) is 0.562. The van der Waals surface area contributed by atoms with Crippen LogP contribution in [0.2, 0.25) is 18.1 Å². The predicted octanol–water partition coefficient (Wildman–Crippen LogP) is 2.88. The van der Waals surface area contributed by atoms with Gasteiger partial charge in [-0.25, -0.2) is 15.0 Å². The number of hydrogen-bond acceptors (Lipinski definition) is 6. The van der Waals surface area contributed by atoms with E-state index in [0.29, 0.717) is 23.6 Å². The molecule has 0 saturated heterocycles. The van der Waals surface area contributed by atoms with Crippen molar-refractivity contribution in [3.63, 3.8) is 0 Å². The first kappa shape index (κ1) is 17.1. The lowest BCUT2D eigenvalue weighted by Gasteiger charge is -2.36. The number of nitrogen functional groups attached to an aromatic ring is 1. The average molecular weight is 347 g/mol. The highest BCUT2D eigenvalue weighted by atomic mass is 28.4. The highest BCUT2D eigenvalue weighted by Gasteiger charge is 2.38. The number of hydrogen-bond donors (Lipinski definition) is 1. The molecule has 8 heteroatoms. The predicted molar refractivity (Wildman–Crippen MR) is 95.9 cm³/mol. The summed E-state index contributed by atoms with van der Waals surface area (Å²) in [5.41, 5.74) is 7.09. The summed E-state index contributed by atoms with van der Waals surface area (Å²) in [6.45, 7) is 11.7. The maximum Gasteiger partial charge on any atom is 0.192 e. The Morgan fingerprint density at radius 1 is 1.25 bits per heavy atom. The second-order valence-corrected chi connectivity index (χ2v) is 12.4. The van der Waals surface area contributed by atoms with Crippen LogP contribution in [0.4, 0.5) is 5.82 Å². The molecule has 0 radical (unpaired) electrons. The van der Waals surface area contributed by atoms with Gasteiger partial charge in [-0.3, -0.25) is 4.57 Å². The summed E-state index contributed by atoms with van der Waals surface area (Å²) in [5, 5.41) is 0.184. The number of rotatable bonds is 4. The lowest BCUT2D eigenvalue weighted by atomic mass is 10.2. The molecule has 0 fully saturated rings. The zero-order chi connectivity index (χ0) is 17.5. The molecule has 130 valence electrons. The molecule has 2 atom stereocenters. The van der Waals surface area contributed by atoms with Gasteiger partial charge in [-0.2, -0.15) is 0 Å². The van der Waals surface area contributed by atoms with Crippen molar-refractivity contribution in [1.82, 2.24) is 19.5 Å². The zero-order valence-corrected chi connectivity index (χ0v) is 15.9. The molecule has 1 aliphatic heterocycles. The van der Waals surface area contributed by atoms with Crippen LogP contribution in [0, 0.1) is 0 Å². The minimum absolute atomic E-state index is 0.0687. The first-order chi connectivity index (χ1) is 11.2. The number of anilines is 1. The lowest BCUT2D eigenvalue weighted by molar-refractivity contribution is -0.00380. The van der Waals surface area contributed by atoms with E-state index in [2.05, 4.69) is 48.8 Å². The molecule has 2 N–H and O–H groups in total. The quantitative estimate of drug-likeness (QED) is 0.676. The van der Waals surface area contributed by atoms with Gasteiger partial charge in [0.05, 0.1) is 12.9 Å². The molecule has 0 spiro atoms. The van der Waals surface area contributed by atoms with E-state index in [0.717, 1.165) is 0 Å². The molecule has 0 bridgehead atoms. The number of fused-ring (bicyclic) bond motifs is 1. The summed E-state index contributed by atoms with van der Waals surface area (Å²) >= 11 is 0. The van der Waals surface area contributed by atoms with Crippen LogP contribution in [-0.2, 0) is 9.16 Å². The van der Waals surface area contributed by atoms with Crippen LogP contribution in [0.3, 0.4) is 0 Å². The van der Waals surface area contributed by atoms with E-state index in [9.17, 15) is 0 Å². The Labute approximate surface area is 143 Å². The Morgan fingerprint density at radius 2 is 2.00 bits per heavy atom. The summed E-state index contributed by atoms with van der Waals surface area (Å²) in [7, 11) is -1.78. The van der Waals surface area contributed by atoms with E-state index < -0.39 is 8.32 Å². The van der Waals surface area contributed by atoms with Crippen LogP contribution in [0.15, 0.2) is 24.8 Å². The molecule has 1 aliphatic rings. The Balaban J connectivity index is 1.68. The molecule has 2 aromatic heterocycles. The van der Waals surface area contributed by atoms with Crippen LogP contribution in [0.5, 0.6) is 0 Å². The third kappa shape index (κ3) is 3.09. The molecule has 0 aromatic carbocycles. The average Bonchev–Trinajstić information content (AvgIpc) is 3.10. The van der Waals surface area contributed by atoms with Gasteiger partial charge in [-0.05, 0) is 24.2 Å². The van der Waals surface area contributed by atoms with Crippen LogP contribution >= 0.6 is 0 Å². The van der Waals surface area contributed by atoms with Gasteiger partial charge < -0.3 is 14.9 Å². The van der Waals surface area contributed by atoms with Crippen molar-refractivity contribution in [3.8, 4) is 0 Å². The molecule has 7 nitrogen and oxygen atoms in total. The second-order valence-electron chi connectivity index (χ2n) is 7.60. The normalized spacial score (nSPS) is 21.7. The number of nitrogens with zero attached hydrogens (tertiary/aromatic N) is 4. The summed E-state index contributed by atoms with van der Waals surface area (Å²) in [6.07, 6.45) is 6.83. The highest BCUT2D eigenvalue weighted by Crippen LogP contribution is 2.37. The van der Waals surface area contributed by atoms with Gasteiger partial charge in [-0.15, -0.1) is 0 Å². The Kier molecular flexibility index (Phi) is 4.23. The van der Waals surface area contributed by atoms with Gasteiger partial charge in [-0.1, -0.05) is 26.8 Å². The van der Waals surface area contributed by atoms with Gasteiger partial charge in [0.15, 0.2) is 26.0 Å². The molecular formula is C16H25N5O2Si. The van der Waals surface area contributed by atoms with Crippen LogP contribution in [0.25, 0.3) is 11.2 Å². The Bertz CT molecular complexity index is 765. The number of aromatic nitrogens is 4. The third-order valence-electron chi connectivity index (χ3n) is 4.88. The van der Waals surface area contributed by atoms with E-state index in [1.165, 1.54) is 6.33 Å². The van der Waals surface area contributed by atoms with Crippen LogP contribution in [0.1, 0.15) is 27.0 Å². The smallest absolute Gasteiger partial charge is 0.192 e. The molecule has 3 rings (SSSR count). The van der Waals surface area contributed by atoms with E-state index in [1.54, 1.807) is 6.33 Å². The van der Waals surface area contributed by atoms with E-state index in [4.69, 9.17) is 14.9 Å². The van der Waals surface area contributed by atoms with Gasteiger partial charge in [0.1, 0.15) is 17.9 Å². The highest BCUT2D eigenvalue weighted by molar-refractivity contribution is 6.74. The van der Waals surface area contributed by atoms with Crippen molar-refractivity contribution in [3.05, 3.63) is 24.8 Å². The van der Waals surface area contributed by atoms with Crippen molar-refractivity contribution in [2.75, 3.05) is 12.3 Å². The van der Waals surface area contributed by atoms with E-state index in [-0.39, 0.29) is 17.4 Å². The lowest BCUT2D eigenvalue weighted by Crippen LogP contribution is -2.42. The summed E-state index contributed by atoms with van der Waals surface area (Å²) in [4.78, 5) is 12.5. The van der Waals surface area contributed by atoms with Crippen molar-refractivity contribution in [1.29, 1.82) is 0 Å². The SMILES string of the molecule is CC(C)(C)[Si](C)(C)OC[C@H]1C=C[C@H](n2cnc3c(N)ncnc32)O1. The second kappa shape index (κ2) is 5.94. The van der Waals surface area contributed by atoms with Gasteiger partial charge in [0.2, 0.25) is 0 Å². The van der Waals surface area contributed by atoms with Gasteiger partial charge in [0, 0.05) is 0 Å². The Hall–Kier alpha value is -1.77. The van der Waals surface area contributed by atoms with Gasteiger partial charge in [0.25, 0.3) is 0 Å². The standard InChI is InChI=1S/C16H25N5O2Si/c1-16(2,3)24(4,5)22-8-11-6-7-12(23-11)21-10-20-13-14(17)18-9-19-15(13)21/h6-7,9-12H,8H2,1-5H3,(H2,17,18,19)/t11-,12-/m1/s1. The van der Waals surface area contributed by atoms with Crippen LogP contribution < -0.4 is 5.73 Å². The first-order valence-electron chi connectivity index (χ1n) is 8.10. The number of nitrogens with two attached hydrogens (primary N) is 1. The van der Waals surface area contributed by atoms with Crippen molar-refractivity contribution < 1.29 is 9.16 Å². The maximum atomic E-state index is 6.24. The fourth-order valence-corrected chi connectivity index (χ4v) is 3.32. The molecule has 2 aromatic rings. The van der Waals surface area contributed by atoms with Crippen molar-refractivity contribution >= 4 is 25.3 Å². The van der Waals surface area contributed by atoms with Gasteiger partial charge >= 0.3 is 0 Å². The van der Waals surface area contributed by atoms with Crippen LogP contribution in [-0.4, -0.2) is 40.5 Å². The molecule has 0 aliphatic carbocycles. The van der Waals surface area contributed by atoms with E-state index >= 15 is 0 Å². The summed E-state index contributed by atoms with van der Waals surface area (Å²) in [6, 6.07) is 0. The Morgan fingerprint density at radius 3 is 2.71 bits per heavy atom. The van der Waals surface area contributed by atoms with Crippen molar-refractivity contribution in [2.45, 2.75) is 51.2 Å². The van der Waals surface area contributed by atoms with Crippen molar-refractivity contribution in [2.24, 2.45) is 0 Å². The molecule has 0 unspecified atom stereocenters. The van der Waals surface area contributed by atoms with E-state index in [1.807, 2.05) is 16.7 Å². The maximum absolute atomic E-state index is 6.24. The minimum Gasteiger partial charge on any atom is -0.414 e. The molecule has 0 amide bonds. The largest absolute Gasteiger partial charge is 0.414 e. The number of ether oxygens (including phenoxy) is 1. The summed E-state index contributed by atoms with van der Waals surface area (Å²) < 4.78 is 14.2. The molecule has 0 saturated carbocycles. The third-order valence-corrected chi connectivity index (χ3v) is 9.38. The topological polar surface area (TPSA) is 88.1 Å². The zero-order valence-electron chi connectivity index (χ0n) is 14.9. The number of imidazole rings is 1. The fourth-order valence-electron chi connectivity index (χ4n) is 2.31. The minimum atomic E-state index is -1.78. The molecule has 3 heterocycles. The molecular weight excluding hydrogens is 322 g/mol. The first-order valence-corrected chi connectivity index (χ1v) is 11.0. The monoisotopic (exact) mass is 347 g/mol.